The summed E-state index contributed by atoms with van der Waals surface area (Å²) < 4.78 is 15.1. The second kappa shape index (κ2) is 7.72. The van der Waals surface area contributed by atoms with Crippen molar-refractivity contribution in [3.63, 3.8) is 0 Å². The van der Waals surface area contributed by atoms with Gasteiger partial charge in [0.2, 0.25) is 5.89 Å². The smallest absolute Gasteiger partial charge is 0.414 e. The summed E-state index contributed by atoms with van der Waals surface area (Å²) in [4.78, 5) is 25.6. The van der Waals surface area contributed by atoms with E-state index in [1.165, 1.54) is 22.3 Å². The predicted molar refractivity (Wildman–Crippen MR) is 114 cm³/mol. The SMILES string of the molecule is C[C@@H]1CC[C@@H](c2nsc(=O)o2)CN1C(=O)OCC1c2ccccc2-c2ccccc21. The van der Waals surface area contributed by atoms with Crippen LogP contribution in [-0.2, 0) is 4.74 Å². The third-order valence-corrected chi connectivity index (χ3v) is 6.70. The maximum absolute atomic E-state index is 13.0. The van der Waals surface area contributed by atoms with Crippen molar-refractivity contribution >= 4 is 17.6 Å². The monoisotopic (exact) mass is 422 g/mol. The average molecular weight is 423 g/mol. The quantitative estimate of drug-likeness (QED) is 0.616. The van der Waals surface area contributed by atoms with Crippen molar-refractivity contribution in [1.29, 1.82) is 0 Å². The summed E-state index contributed by atoms with van der Waals surface area (Å²) >= 11 is 0.816. The van der Waals surface area contributed by atoms with Gasteiger partial charge < -0.3 is 14.1 Å². The van der Waals surface area contributed by atoms with Crippen LogP contribution in [0.15, 0.2) is 57.7 Å². The van der Waals surface area contributed by atoms with E-state index < -0.39 is 4.94 Å². The molecule has 1 fully saturated rings. The molecule has 0 spiro atoms. The lowest BCUT2D eigenvalue weighted by Crippen LogP contribution is -2.45. The van der Waals surface area contributed by atoms with Gasteiger partial charge >= 0.3 is 11.0 Å². The van der Waals surface area contributed by atoms with Crippen LogP contribution in [0.4, 0.5) is 4.79 Å². The molecular weight excluding hydrogens is 400 g/mol. The zero-order valence-electron chi connectivity index (χ0n) is 16.6. The van der Waals surface area contributed by atoms with E-state index in [-0.39, 0.29) is 24.0 Å². The van der Waals surface area contributed by atoms with E-state index in [9.17, 15) is 9.59 Å². The van der Waals surface area contributed by atoms with Crippen LogP contribution in [0.3, 0.4) is 0 Å². The number of amides is 1. The molecule has 6 nitrogen and oxygen atoms in total. The molecule has 0 unspecified atom stereocenters. The molecule has 2 aliphatic rings. The second-order valence-corrected chi connectivity index (χ2v) is 8.65. The first-order valence-corrected chi connectivity index (χ1v) is 11.0. The maximum Gasteiger partial charge on any atom is 0.414 e. The van der Waals surface area contributed by atoms with Crippen molar-refractivity contribution in [2.75, 3.05) is 13.2 Å². The first kappa shape index (κ1) is 19.1. The van der Waals surface area contributed by atoms with E-state index in [0.717, 1.165) is 24.4 Å². The van der Waals surface area contributed by atoms with E-state index in [2.05, 4.69) is 28.6 Å². The first-order chi connectivity index (χ1) is 14.6. The fourth-order valence-corrected chi connectivity index (χ4v) is 5.08. The van der Waals surface area contributed by atoms with Gasteiger partial charge in [0.1, 0.15) is 6.61 Å². The van der Waals surface area contributed by atoms with Crippen molar-refractivity contribution in [1.82, 2.24) is 9.27 Å². The fraction of sp³-hybridized carbons (Fsp3) is 0.348. The number of ether oxygens (including phenoxy) is 1. The second-order valence-electron chi connectivity index (χ2n) is 7.95. The standard InChI is InChI=1S/C23H22N2O4S/c1-14-10-11-15(21-24-30-23(27)29-21)12-25(14)22(26)28-13-20-18-8-4-2-6-16(18)17-7-3-5-9-19(17)20/h2-9,14-15,20H,10-13H2,1H3/t14-,15-/m1/s1. The van der Waals surface area contributed by atoms with Crippen molar-refractivity contribution in [3.05, 3.63) is 75.3 Å². The minimum atomic E-state index is -0.406. The van der Waals surface area contributed by atoms with Gasteiger partial charge in [-0.2, -0.15) is 4.37 Å². The molecule has 0 N–H and O–H groups in total. The summed E-state index contributed by atoms with van der Waals surface area (Å²) in [6.07, 6.45) is 1.32. The van der Waals surface area contributed by atoms with Crippen molar-refractivity contribution in [2.45, 2.75) is 37.6 Å². The van der Waals surface area contributed by atoms with Crippen LogP contribution < -0.4 is 4.94 Å². The number of fused-ring (bicyclic) bond motifs is 3. The number of carbonyl (C=O) groups excluding carboxylic acids is 1. The van der Waals surface area contributed by atoms with E-state index in [4.69, 9.17) is 9.15 Å². The van der Waals surface area contributed by atoms with Gasteiger partial charge in [0, 0.05) is 30.0 Å². The molecule has 5 rings (SSSR count). The lowest BCUT2D eigenvalue weighted by atomic mass is 9.94. The Kier molecular flexibility index (Phi) is 4.90. The predicted octanol–water partition coefficient (Wildman–Crippen LogP) is 4.61. The lowest BCUT2D eigenvalue weighted by molar-refractivity contribution is 0.0680. The summed E-state index contributed by atoms with van der Waals surface area (Å²) in [6.45, 7) is 2.77. The molecule has 2 atom stereocenters. The van der Waals surface area contributed by atoms with Crippen molar-refractivity contribution in [3.8, 4) is 11.1 Å². The normalized spacial score (nSPS) is 20.6. The molecule has 3 aromatic rings. The van der Waals surface area contributed by atoms with Gasteiger partial charge in [-0.3, -0.25) is 0 Å². The topological polar surface area (TPSA) is 72.6 Å². The molecule has 154 valence electrons. The van der Waals surface area contributed by atoms with Crippen LogP contribution >= 0.6 is 11.5 Å². The van der Waals surface area contributed by atoms with Crippen LogP contribution in [0, 0.1) is 0 Å². The first-order valence-electron chi connectivity index (χ1n) is 10.2. The number of nitrogens with zero attached hydrogens (tertiary/aromatic N) is 2. The molecule has 7 heteroatoms. The van der Waals surface area contributed by atoms with Gasteiger partial charge in [0.05, 0.1) is 5.92 Å². The molecule has 30 heavy (non-hydrogen) atoms. The third kappa shape index (κ3) is 3.33. The third-order valence-electron chi connectivity index (χ3n) is 6.20. The summed E-state index contributed by atoms with van der Waals surface area (Å²) in [6, 6.07) is 16.7. The van der Waals surface area contributed by atoms with E-state index in [1.54, 1.807) is 4.90 Å². The van der Waals surface area contributed by atoms with E-state index >= 15 is 0 Å². The molecule has 0 saturated carbocycles. The van der Waals surface area contributed by atoms with Gasteiger partial charge in [0.25, 0.3) is 0 Å². The molecule has 1 amide bonds. The summed E-state index contributed by atoms with van der Waals surface area (Å²) in [5, 5.41) is 0. The molecule has 1 aromatic heterocycles. The Morgan fingerprint density at radius 3 is 2.43 bits per heavy atom. The minimum absolute atomic E-state index is 0.0359. The number of rotatable bonds is 3. The van der Waals surface area contributed by atoms with Crippen LogP contribution in [-0.4, -0.2) is 34.6 Å². The Labute approximate surface area is 178 Å². The summed E-state index contributed by atoms with van der Waals surface area (Å²) in [7, 11) is 0. The van der Waals surface area contributed by atoms with Gasteiger partial charge in [-0.15, -0.1) is 0 Å². The highest BCUT2D eigenvalue weighted by atomic mass is 32.1. The Bertz CT molecular complexity index is 1090. The molecule has 0 radical (unpaired) electrons. The number of likely N-dealkylation sites (tertiary alicyclic amines) is 1. The van der Waals surface area contributed by atoms with Gasteiger partial charge in [-0.05, 0) is 42.0 Å². The Balaban J connectivity index is 1.31. The number of hydrogen-bond donors (Lipinski definition) is 0. The zero-order chi connectivity index (χ0) is 20.7. The highest BCUT2D eigenvalue weighted by molar-refractivity contribution is 7.02. The molecule has 2 heterocycles. The van der Waals surface area contributed by atoms with Gasteiger partial charge in [0.15, 0.2) is 0 Å². The maximum atomic E-state index is 13.0. The summed E-state index contributed by atoms with van der Waals surface area (Å²) in [5.41, 5.74) is 4.80. The Hall–Kier alpha value is -2.93. The number of aromatic nitrogens is 1. The fourth-order valence-electron chi connectivity index (χ4n) is 4.60. The Morgan fingerprint density at radius 2 is 1.80 bits per heavy atom. The van der Waals surface area contributed by atoms with Gasteiger partial charge in [-0.1, -0.05) is 48.5 Å². The van der Waals surface area contributed by atoms with E-state index in [0.29, 0.717) is 19.0 Å². The van der Waals surface area contributed by atoms with Crippen molar-refractivity contribution in [2.24, 2.45) is 0 Å². The van der Waals surface area contributed by atoms with E-state index in [1.807, 2.05) is 31.2 Å². The molecule has 1 aliphatic carbocycles. The van der Waals surface area contributed by atoms with Crippen LogP contribution in [0.2, 0.25) is 0 Å². The van der Waals surface area contributed by atoms with Gasteiger partial charge in [-0.25, -0.2) is 9.59 Å². The lowest BCUT2D eigenvalue weighted by Gasteiger charge is -2.36. The molecule has 1 saturated heterocycles. The largest absolute Gasteiger partial charge is 0.448 e. The highest BCUT2D eigenvalue weighted by Crippen LogP contribution is 2.44. The Morgan fingerprint density at radius 1 is 1.13 bits per heavy atom. The average Bonchev–Trinajstić information content (AvgIpc) is 3.34. The summed E-state index contributed by atoms with van der Waals surface area (Å²) in [5.74, 6) is 0.391. The van der Waals surface area contributed by atoms with Crippen molar-refractivity contribution < 1.29 is 13.9 Å². The number of carbonyl (C=O) groups is 1. The highest BCUT2D eigenvalue weighted by Gasteiger charge is 2.35. The molecular formula is C23H22N2O4S. The number of benzene rings is 2. The molecule has 1 aliphatic heterocycles. The number of piperidine rings is 1. The van der Waals surface area contributed by atoms with Crippen LogP contribution in [0.1, 0.15) is 48.6 Å². The van der Waals surface area contributed by atoms with Crippen LogP contribution in [0.25, 0.3) is 11.1 Å². The van der Waals surface area contributed by atoms with Crippen LogP contribution in [0.5, 0.6) is 0 Å². The number of hydrogen-bond acceptors (Lipinski definition) is 6. The zero-order valence-corrected chi connectivity index (χ0v) is 17.4. The minimum Gasteiger partial charge on any atom is -0.448 e. The molecule has 2 aromatic carbocycles. The molecule has 0 bridgehead atoms.